The molecule has 0 unspecified atom stereocenters. The zero-order valence-corrected chi connectivity index (χ0v) is 14.4. The summed E-state index contributed by atoms with van der Waals surface area (Å²) >= 11 is 14.2. The van der Waals surface area contributed by atoms with Crippen LogP contribution in [0, 0.1) is 9.77 Å². The number of hydrogen-bond donors (Lipinski definition) is 0. The first-order valence-corrected chi connectivity index (χ1v) is 8.94. The molecular formula is C15H10ClFN2S3. The number of hydrogen-bond acceptors (Lipinski definition) is 4. The minimum atomic E-state index is -0.225. The Labute approximate surface area is 145 Å². The molecule has 2 nitrogen and oxygen atoms in total. The van der Waals surface area contributed by atoms with Gasteiger partial charge in [-0.2, -0.15) is 0 Å². The van der Waals surface area contributed by atoms with E-state index in [-0.39, 0.29) is 5.82 Å². The van der Waals surface area contributed by atoms with Crippen molar-refractivity contribution in [3.63, 3.8) is 0 Å². The summed E-state index contributed by atoms with van der Waals surface area (Å²) in [6.07, 6.45) is 0. The number of rotatable bonds is 4. The van der Waals surface area contributed by atoms with Crippen molar-refractivity contribution in [1.82, 2.24) is 9.78 Å². The fourth-order valence-corrected chi connectivity index (χ4v) is 4.27. The SMILES string of the molecule is Fc1cccc(CSc2nn(-c3ccc(Cl)cc3)c(=S)s2)c1. The van der Waals surface area contributed by atoms with Gasteiger partial charge < -0.3 is 0 Å². The first kappa shape index (κ1) is 15.7. The van der Waals surface area contributed by atoms with Crippen LogP contribution >= 0.6 is 46.9 Å². The summed E-state index contributed by atoms with van der Waals surface area (Å²) in [4.78, 5) is 0. The topological polar surface area (TPSA) is 17.8 Å². The summed E-state index contributed by atoms with van der Waals surface area (Å²) in [5.41, 5.74) is 1.80. The van der Waals surface area contributed by atoms with Crippen LogP contribution in [0.2, 0.25) is 5.02 Å². The van der Waals surface area contributed by atoms with Crippen molar-refractivity contribution in [2.24, 2.45) is 0 Å². The van der Waals surface area contributed by atoms with Crippen LogP contribution in [0.25, 0.3) is 5.69 Å². The van der Waals surface area contributed by atoms with E-state index in [1.807, 2.05) is 18.2 Å². The lowest BCUT2D eigenvalue weighted by atomic mass is 10.2. The molecule has 0 saturated heterocycles. The van der Waals surface area contributed by atoms with Gasteiger partial charge in [-0.25, -0.2) is 9.07 Å². The lowest BCUT2D eigenvalue weighted by Crippen LogP contribution is -1.95. The van der Waals surface area contributed by atoms with Crippen molar-refractivity contribution in [2.75, 3.05) is 0 Å². The van der Waals surface area contributed by atoms with E-state index in [9.17, 15) is 4.39 Å². The van der Waals surface area contributed by atoms with E-state index in [2.05, 4.69) is 5.10 Å². The summed E-state index contributed by atoms with van der Waals surface area (Å²) in [6, 6.07) is 13.9. The number of nitrogens with zero attached hydrogens (tertiary/aromatic N) is 2. The predicted molar refractivity (Wildman–Crippen MR) is 93.2 cm³/mol. The van der Waals surface area contributed by atoms with Gasteiger partial charge in [0.25, 0.3) is 0 Å². The minimum absolute atomic E-state index is 0.225. The summed E-state index contributed by atoms with van der Waals surface area (Å²) in [5, 5.41) is 5.18. The van der Waals surface area contributed by atoms with Gasteiger partial charge in [-0.1, -0.05) is 46.8 Å². The van der Waals surface area contributed by atoms with Gasteiger partial charge in [-0.15, -0.1) is 5.10 Å². The molecule has 0 atom stereocenters. The molecule has 7 heteroatoms. The van der Waals surface area contributed by atoms with Gasteiger partial charge in [-0.3, -0.25) is 0 Å². The number of aromatic nitrogens is 2. The number of benzene rings is 2. The molecule has 3 aromatic rings. The van der Waals surface area contributed by atoms with E-state index in [0.29, 0.717) is 14.7 Å². The van der Waals surface area contributed by atoms with E-state index in [4.69, 9.17) is 23.8 Å². The van der Waals surface area contributed by atoms with Gasteiger partial charge in [0.1, 0.15) is 5.82 Å². The number of thioether (sulfide) groups is 1. The van der Waals surface area contributed by atoms with Gasteiger partial charge in [0.05, 0.1) is 5.69 Å². The summed E-state index contributed by atoms with van der Waals surface area (Å²) in [5.74, 6) is 0.429. The van der Waals surface area contributed by atoms with E-state index >= 15 is 0 Å². The Hall–Kier alpha value is -1.21. The highest BCUT2D eigenvalue weighted by Gasteiger charge is 2.07. The second-order valence-corrected chi connectivity index (χ2v) is 7.72. The van der Waals surface area contributed by atoms with Crippen molar-refractivity contribution >= 4 is 46.9 Å². The molecule has 0 N–H and O–H groups in total. The maximum atomic E-state index is 13.2. The van der Waals surface area contributed by atoms with Crippen LogP contribution in [0.3, 0.4) is 0 Å². The van der Waals surface area contributed by atoms with Crippen LogP contribution < -0.4 is 0 Å². The maximum Gasteiger partial charge on any atom is 0.184 e. The highest BCUT2D eigenvalue weighted by Crippen LogP contribution is 2.27. The molecule has 1 aromatic heterocycles. The lowest BCUT2D eigenvalue weighted by molar-refractivity contribution is 0.626. The third-order valence-electron chi connectivity index (χ3n) is 2.85. The quantitative estimate of drug-likeness (QED) is 0.431. The lowest BCUT2D eigenvalue weighted by Gasteiger charge is -2.01. The third kappa shape index (κ3) is 3.76. The smallest absolute Gasteiger partial charge is 0.184 e. The third-order valence-corrected chi connectivity index (χ3v) is 5.54. The van der Waals surface area contributed by atoms with Crippen molar-refractivity contribution in [3.05, 3.63) is 68.9 Å². The van der Waals surface area contributed by atoms with Crippen molar-refractivity contribution < 1.29 is 4.39 Å². The van der Waals surface area contributed by atoms with Crippen LogP contribution in [0.5, 0.6) is 0 Å². The molecule has 0 aliphatic heterocycles. The molecule has 0 saturated carbocycles. The molecular weight excluding hydrogens is 359 g/mol. The largest absolute Gasteiger partial charge is 0.211 e. The summed E-state index contributed by atoms with van der Waals surface area (Å²) < 4.78 is 16.4. The van der Waals surface area contributed by atoms with Crippen molar-refractivity contribution in [2.45, 2.75) is 10.1 Å². The highest BCUT2D eigenvalue weighted by atomic mass is 35.5. The highest BCUT2D eigenvalue weighted by molar-refractivity contribution is 8.00. The maximum absolute atomic E-state index is 13.2. The van der Waals surface area contributed by atoms with E-state index < -0.39 is 0 Å². The van der Waals surface area contributed by atoms with Crippen LogP contribution in [-0.2, 0) is 5.75 Å². The molecule has 112 valence electrons. The predicted octanol–water partition coefficient (Wildman–Crippen LogP) is 5.75. The molecule has 0 amide bonds. The van der Waals surface area contributed by atoms with Gasteiger partial charge >= 0.3 is 0 Å². The van der Waals surface area contributed by atoms with Gasteiger partial charge in [0, 0.05) is 10.8 Å². The monoisotopic (exact) mass is 368 g/mol. The van der Waals surface area contributed by atoms with E-state index in [1.165, 1.54) is 23.5 Å². The Morgan fingerprint density at radius 3 is 2.73 bits per heavy atom. The Morgan fingerprint density at radius 2 is 2.00 bits per heavy atom. The van der Waals surface area contributed by atoms with Crippen LogP contribution in [-0.4, -0.2) is 9.78 Å². The number of halogens is 2. The molecule has 22 heavy (non-hydrogen) atoms. The van der Waals surface area contributed by atoms with Gasteiger partial charge in [0.15, 0.2) is 8.29 Å². The zero-order chi connectivity index (χ0) is 15.5. The summed E-state index contributed by atoms with van der Waals surface area (Å²) in [7, 11) is 0. The Bertz CT molecular complexity index is 842. The fourth-order valence-electron chi connectivity index (χ4n) is 1.84. The van der Waals surface area contributed by atoms with Crippen molar-refractivity contribution in [1.29, 1.82) is 0 Å². The summed E-state index contributed by atoms with van der Waals surface area (Å²) in [6.45, 7) is 0. The molecule has 0 aliphatic rings. The van der Waals surface area contributed by atoms with E-state index in [1.54, 1.807) is 34.6 Å². The van der Waals surface area contributed by atoms with Gasteiger partial charge in [-0.05, 0) is 54.2 Å². The molecule has 0 fully saturated rings. The second-order valence-electron chi connectivity index (χ2n) is 4.44. The minimum Gasteiger partial charge on any atom is -0.211 e. The second kappa shape index (κ2) is 6.91. The first-order chi connectivity index (χ1) is 10.6. The Kier molecular flexibility index (Phi) is 4.93. The molecule has 0 bridgehead atoms. The zero-order valence-electron chi connectivity index (χ0n) is 11.2. The average Bonchev–Trinajstić information content (AvgIpc) is 2.87. The molecule has 0 radical (unpaired) electrons. The normalized spacial score (nSPS) is 10.8. The Morgan fingerprint density at radius 1 is 1.23 bits per heavy atom. The van der Waals surface area contributed by atoms with Crippen LogP contribution in [0.15, 0.2) is 52.9 Å². The molecule has 0 aliphatic carbocycles. The molecule has 2 aromatic carbocycles. The molecule has 0 spiro atoms. The molecule has 1 heterocycles. The Balaban J connectivity index is 1.77. The van der Waals surface area contributed by atoms with Crippen LogP contribution in [0.1, 0.15) is 5.56 Å². The average molecular weight is 369 g/mol. The molecule has 3 rings (SSSR count). The fraction of sp³-hybridized carbons (Fsp3) is 0.0667. The first-order valence-electron chi connectivity index (χ1n) is 6.35. The van der Waals surface area contributed by atoms with Crippen LogP contribution in [0.4, 0.5) is 4.39 Å². The standard InChI is InChI=1S/C15H10ClFN2S3/c16-11-4-6-13(7-5-11)19-15(20)22-14(18-19)21-9-10-2-1-3-12(17)8-10/h1-8H,9H2. The van der Waals surface area contributed by atoms with Crippen molar-refractivity contribution in [3.8, 4) is 5.69 Å². The van der Waals surface area contributed by atoms with E-state index in [0.717, 1.165) is 15.6 Å². The van der Waals surface area contributed by atoms with Gasteiger partial charge in [0.2, 0.25) is 0 Å².